The highest BCUT2D eigenvalue weighted by Gasteiger charge is 2.21. The smallest absolute Gasteiger partial charge is 0.269 e. The number of rotatable bonds is 1. The number of ether oxygens (including phenoxy) is 1. The summed E-state index contributed by atoms with van der Waals surface area (Å²) in [5, 5.41) is 10.4. The van der Waals surface area contributed by atoms with Crippen LogP contribution in [-0.2, 0) is 6.42 Å². The first-order valence-corrected chi connectivity index (χ1v) is 4.11. The van der Waals surface area contributed by atoms with Crippen LogP contribution < -0.4 is 4.74 Å². The lowest BCUT2D eigenvalue weighted by atomic mass is 10.1. The molecule has 1 aliphatic rings. The SMILES string of the molecule is CC1Cc2cc([N+](=O)[O-])ccc2O1. The highest BCUT2D eigenvalue weighted by molar-refractivity contribution is 5.46. The van der Waals surface area contributed by atoms with E-state index in [9.17, 15) is 10.1 Å². The molecule has 1 heterocycles. The highest BCUT2D eigenvalue weighted by Crippen LogP contribution is 2.31. The number of benzene rings is 1. The van der Waals surface area contributed by atoms with Crippen LogP contribution in [0.5, 0.6) is 5.75 Å². The number of non-ortho nitro benzene ring substituents is 1. The Bertz CT molecular complexity index is 362. The van der Waals surface area contributed by atoms with Gasteiger partial charge in [0.1, 0.15) is 11.9 Å². The molecule has 1 unspecified atom stereocenters. The van der Waals surface area contributed by atoms with Crippen molar-refractivity contribution in [1.29, 1.82) is 0 Å². The summed E-state index contributed by atoms with van der Waals surface area (Å²) in [4.78, 5) is 10.1. The van der Waals surface area contributed by atoms with E-state index in [0.717, 1.165) is 17.7 Å². The Morgan fingerprint density at radius 1 is 1.62 bits per heavy atom. The van der Waals surface area contributed by atoms with Gasteiger partial charge in [0.2, 0.25) is 0 Å². The molecular formula is C9H9NO3. The van der Waals surface area contributed by atoms with E-state index in [-0.39, 0.29) is 16.7 Å². The van der Waals surface area contributed by atoms with Crippen molar-refractivity contribution in [2.75, 3.05) is 0 Å². The maximum Gasteiger partial charge on any atom is 0.269 e. The fourth-order valence-electron chi connectivity index (χ4n) is 1.52. The molecule has 4 heteroatoms. The first-order chi connectivity index (χ1) is 6.16. The number of fused-ring (bicyclic) bond motifs is 1. The van der Waals surface area contributed by atoms with E-state index < -0.39 is 0 Å². The van der Waals surface area contributed by atoms with Crippen LogP contribution >= 0.6 is 0 Å². The maximum atomic E-state index is 10.4. The lowest BCUT2D eigenvalue weighted by Crippen LogP contribution is -2.05. The molecular weight excluding hydrogens is 170 g/mol. The molecule has 1 aromatic rings. The second-order valence-electron chi connectivity index (χ2n) is 3.18. The minimum atomic E-state index is -0.386. The van der Waals surface area contributed by atoms with Crippen molar-refractivity contribution in [3.63, 3.8) is 0 Å². The van der Waals surface area contributed by atoms with E-state index >= 15 is 0 Å². The van der Waals surface area contributed by atoms with Gasteiger partial charge in [0.15, 0.2) is 0 Å². The molecule has 4 nitrogen and oxygen atoms in total. The Labute approximate surface area is 75.3 Å². The molecule has 0 fully saturated rings. The summed E-state index contributed by atoms with van der Waals surface area (Å²) in [5.41, 5.74) is 1.07. The molecule has 0 aliphatic carbocycles. The van der Waals surface area contributed by atoms with Gasteiger partial charge in [0, 0.05) is 24.1 Å². The van der Waals surface area contributed by atoms with Gasteiger partial charge in [-0.05, 0) is 13.0 Å². The molecule has 0 aromatic heterocycles. The Morgan fingerprint density at radius 3 is 3.08 bits per heavy atom. The van der Waals surface area contributed by atoms with Gasteiger partial charge in [-0.3, -0.25) is 10.1 Å². The highest BCUT2D eigenvalue weighted by atomic mass is 16.6. The normalized spacial score (nSPS) is 19.3. The Kier molecular flexibility index (Phi) is 1.69. The standard InChI is InChI=1S/C9H9NO3/c1-6-4-7-5-8(10(11)12)2-3-9(7)13-6/h2-3,5-6H,4H2,1H3. The van der Waals surface area contributed by atoms with Crippen molar-refractivity contribution in [2.24, 2.45) is 0 Å². The zero-order valence-electron chi connectivity index (χ0n) is 7.19. The van der Waals surface area contributed by atoms with Gasteiger partial charge in [0.05, 0.1) is 4.92 Å². The number of hydrogen-bond acceptors (Lipinski definition) is 3. The Morgan fingerprint density at radius 2 is 2.38 bits per heavy atom. The molecule has 0 radical (unpaired) electrons. The summed E-state index contributed by atoms with van der Waals surface area (Å²) < 4.78 is 5.42. The average molecular weight is 179 g/mol. The first kappa shape index (κ1) is 8.04. The zero-order valence-corrected chi connectivity index (χ0v) is 7.19. The predicted octanol–water partition coefficient (Wildman–Crippen LogP) is 1.92. The zero-order chi connectivity index (χ0) is 9.42. The molecule has 0 N–H and O–H groups in total. The third-order valence-electron chi connectivity index (χ3n) is 2.09. The molecule has 0 saturated heterocycles. The molecule has 0 amide bonds. The second-order valence-corrected chi connectivity index (χ2v) is 3.18. The van der Waals surface area contributed by atoms with Crippen LogP contribution in [-0.4, -0.2) is 11.0 Å². The van der Waals surface area contributed by atoms with Gasteiger partial charge in [-0.25, -0.2) is 0 Å². The summed E-state index contributed by atoms with van der Waals surface area (Å²) in [6.45, 7) is 1.95. The molecule has 13 heavy (non-hydrogen) atoms. The molecule has 1 aliphatic heterocycles. The number of nitrogens with zero attached hydrogens (tertiary/aromatic N) is 1. The third-order valence-corrected chi connectivity index (χ3v) is 2.09. The van der Waals surface area contributed by atoms with Crippen LogP contribution in [0, 0.1) is 10.1 Å². The predicted molar refractivity (Wildman–Crippen MR) is 46.9 cm³/mol. The minimum absolute atomic E-state index is 0.136. The van der Waals surface area contributed by atoms with Crippen LogP contribution in [0.2, 0.25) is 0 Å². The van der Waals surface area contributed by atoms with Crippen LogP contribution in [0.15, 0.2) is 18.2 Å². The first-order valence-electron chi connectivity index (χ1n) is 4.11. The molecule has 68 valence electrons. The van der Waals surface area contributed by atoms with Gasteiger partial charge in [0.25, 0.3) is 5.69 Å². The van der Waals surface area contributed by atoms with Gasteiger partial charge in [-0.2, -0.15) is 0 Å². The van der Waals surface area contributed by atoms with Gasteiger partial charge < -0.3 is 4.74 Å². The van der Waals surface area contributed by atoms with E-state index in [2.05, 4.69) is 0 Å². The van der Waals surface area contributed by atoms with Crippen LogP contribution in [0.25, 0.3) is 0 Å². The molecule has 0 bridgehead atoms. The minimum Gasteiger partial charge on any atom is -0.490 e. The molecule has 1 aromatic carbocycles. The van der Waals surface area contributed by atoms with Crippen molar-refractivity contribution >= 4 is 5.69 Å². The fourth-order valence-corrected chi connectivity index (χ4v) is 1.52. The van der Waals surface area contributed by atoms with Gasteiger partial charge in [-0.15, -0.1) is 0 Å². The molecule has 1 atom stereocenters. The second kappa shape index (κ2) is 2.73. The summed E-state index contributed by atoms with van der Waals surface area (Å²) in [5.74, 6) is 0.776. The van der Waals surface area contributed by atoms with Crippen LogP contribution in [0.4, 0.5) is 5.69 Å². The monoisotopic (exact) mass is 179 g/mol. The van der Waals surface area contributed by atoms with Crippen molar-refractivity contribution in [3.8, 4) is 5.75 Å². The van der Waals surface area contributed by atoms with E-state index in [1.165, 1.54) is 6.07 Å². The molecule has 0 spiro atoms. The van der Waals surface area contributed by atoms with Gasteiger partial charge >= 0.3 is 0 Å². The summed E-state index contributed by atoms with van der Waals surface area (Å²) in [6, 6.07) is 4.71. The van der Waals surface area contributed by atoms with Crippen LogP contribution in [0.1, 0.15) is 12.5 Å². The largest absolute Gasteiger partial charge is 0.490 e. The number of hydrogen-bond donors (Lipinski definition) is 0. The van der Waals surface area contributed by atoms with E-state index in [0.29, 0.717) is 0 Å². The third kappa shape index (κ3) is 1.35. The molecule has 0 saturated carbocycles. The quantitative estimate of drug-likeness (QED) is 0.488. The van der Waals surface area contributed by atoms with E-state index in [4.69, 9.17) is 4.74 Å². The average Bonchev–Trinajstić information content (AvgIpc) is 2.42. The van der Waals surface area contributed by atoms with E-state index in [1.807, 2.05) is 6.92 Å². The van der Waals surface area contributed by atoms with Crippen molar-refractivity contribution in [1.82, 2.24) is 0 Å². The lowest BCUT2D eigenvalue weighted by molar-refractivity contribution is -0.384. The number of nitro benzene ring substituents is 1. The summed E-state index contributed by atoms with van der Waals surface area (Å²) >= 11 is 0. The van der Waals surface area contributed by atoms with Crippen LogP contribution in [0.3, 0.4) is 0 Å². The van der Waals surface area contributed by atoms with Gasteiger partial charge in [-0.1, -0.05) is 0 Å². The summed E-state index contributed by atoms with van der Waals surface area (Å²) in [7, 11) is 0. The topological polar surface area (TPSA) is 52.4 Å². The number of nitro groups is 1. The van der Waals surface area contributed by atoms with Crippen molar-refractivity contribution in [3.05, 3.63) is 33.9 Å². The van der Waals surface area contributed by atoms with Crippen molar-refractivity contribution in [2.45, 2.75) is 19.4 Å². The summed E-state index contributed by atoms with van der Waals surface area (Å²) in [6.07, 6.45) is 0.897. The Hall–Kier alpha value is -1.58. The Balaban J connectivity index is 2.40. The lowest BCUT2D eigenvalue weighted by Gasteiger charge is -2.00. The fraction of sp³-hybridized carbons (Fsp3) is 0.333. The van der Waals surface area contributed by atoms with Crippen molar-refractivity contribution < 1.29 is 9.66 Å². The molecule has 2 rings (SSSR count). The maximum absolute atomic E-state index is 10.4. The van der Waals surface area contributed by atoms with E-state index in [1.54, 1.807) is 12.1 Å².